The van der Waals surface area contributed by atoms with Crippen LogP contribution in [0.3, 0.4) is 0 Å². The van der Waals surface area contributed by atoms with Crippen LogP contribution >= 0.6 is 11.8 Å². The molecular weight excluding hydrogens is 478 g/mol. The molecule has 0 fully saturated rings. The minimum atomic E-state index is -1.43. The number of unbranched alkanes of at least 4 members (excludes halogenated alkanes) is 5. The first-order valence-corrected chi connectivity index (χ1v) is 13.3. The largest absolute Gasteiger partial charge is 0.495 e. The Labute approximate surface area is 218 Å². The predicted molar refractivity (Wildman–Crippen MR) is 144 cm³/mol. The van der Waals surface area contributed by atoms with Crippen molar-refractivity contribution >= 4 is 35.1 Å². The van der Waals surface area contributed by atoms with Crippen molar-refractivity contribution in [2.45, 2.75) is 70.1 Å². The van der Waals surface area contributed by atoms with Crippen LogP contribution in [0.25, 0.3) is 0 Å². The number of aromatic carboxylic acids is 1. The minimum absolute atomic E-state index is 0.0820. The predicted octanol–water partition coefficient (Wildman–Crippen LogP) is 6.22. The Bertz CT molecular complexity index is 1010. The van der Waals surface area contributed by atoms with Gasteiger partial charge in [0.05, 0.1) is 23.1 Å². The molecule has 0 aromatic heterocycles. The molecule has 1 amide bonds. The van der Waals surface area contributed by atoms with Gasteiger partial charge >= 0.3 is 5.97 Å². The number of benzene rings is 2. The Morgan fingerprint density at radius 2 is 1.61 bits per heavy atom. The van der Waals surface area contributed by atoms with E-state index in [0.29, 0.717) is 11.4 Å². The molecule has 0 saturated carbocycles. The van der Waals surface area contributed by atoms with Crippen molar-refractivity contribution in [2.75, 3.05) is 18.2 Å². The van der Waals surface area contributed by atoms with Gasteiger partial charge in [-0.3, -0.25) is 9.59 Å². The summed E-state index contributed by atoms with van der Waals surface area (Å²) < 4.78 is 10.3. The number of ether oxygens (including phenoxy) is 2. The van der Waals surface area contributed by atoms with Crippen molar-refractivity contribution in [1.29, 1.82) is 0 Å². The summed E-state index contributed by atoms with van der Waals surface area (Å²) in [6, 6.07) is 12.5. The van der Waals surface area contributed by atoms with E-state index in [2.05, 4.69) is 12.2 Å². The lowest BCUT2D eigenvalue weighted by Gasteiger charge is -2.28. The van der Waals surface area contributed by atoms with Crippen LogP contribution in [0.5, 0.6) is 11.5 Å². The maximum absolute atomic E-state index is 13.6. The van der Waals surface area contributed by atoms with Crippen molar-refractivity contribution in [3.8, 4) is 11.5 Å². The van der Waals surface area contributed by atoms with Gasteiger partial charge in [-0.2, -0.15) is 0 Å². The van der Waals surface area contributed by atoms with Gasteiger partial charge in [-0.25, -0.2) is 4.79 Å². The summed E-state index contributed by atoms with van der Waals surface area (Å²) in [4.78, 5) is 38.1. The van der Waals surface area contributed by atoms with Crippen LogP contribution in [0.1, 0.15) is 69.7 Å². The van der Waals surface area contributed by atoms with Crippen LogP contribution in [0, 0.1) is 0 Å². The second-order valence-corrected chi connectivity index (χ2v) is 10.7. The number of hydrogen-bond donors (Lipinski definition) is 2. The molecule has 0 bridgehead atoms. The third kappa shape index (κ3) is 8.90. The molecule has 0 saturated heterocycles. The molecule has 8 heteroatoms. The molecule has 1 unspecified atom stereocenters. The minimum Gasteiger partial charge on any atom is -0.495 e. The fourth-order valence-electron chi connectivity index (χ4n) is 3.58. The number of thioether (sulfide) groups is 1. The van der Waals surface area contributed by atoms with Gasteiger partial charge in [-0.1, -0.05) is 51.2 Å². The number of Topliss-reactive ketones (excluding diaryl/α,β-unsaturated/α-hetero) is 1. The Morgan fingerprint density at radius 1 is 0.972 bits per heavy atom. The highest BCUT2D eigenvalue weighted by molar-refractivity contribution is 8.01. The van der Waals surface area contributed by atoms with Crippen molar-refractivity contribution in [3.05, 3.63) is 54.1 Å². The molecule has 7 nitrogen and oxygen atoms in total. The average Bonchev–Trinajstić information content (AvgIpc) is 2.86. The molecule has 0 spiro atoms. The lowest BCUT2D eigenvalue weighted by molar-refractivity contribution is -0.136. The number of carboxylic acids is 1. The monoisotopic (exact) mass is 515 g/mol. The molecule has 0 radical (unpaired) electrons. The summed E-state index contributed by atoms with van der Waals surface area (Å²) in [5, 5.41) is 11.9. The van der Waals surface area contributed by atoms with Gasteiger partial charge in [0, 0.05) is 0 Å². The van der Waals surface area contributed by atoms with Gasteiger partial charge in [0.2, 0.25) is 6.10 Å². The van der Waals surface area contributed by atoms with Crippen molar-refractivity contribution < 1.29 is 29.0 Å². The van der Waals surface area contributed by atoms with Gasteiger partial charge in [-0.05, 0) is 62.4 Å². The third-order valence-electron chi connectivity index (χ3n) is 5.75. The van der Waals surface area contributed by atoms with Gasteiger partial charge < -0.3 is 19.9 Å². The summed E-state index contributed by atoms with van der Waals surface area (Å²) >= 11 is 1.52. The quantitative estimate of drug-likeness (QED) is 0.202. The highest BCUT2D eigenvalue weighted by Crippen LogP contribution is 2.31. The zero-order valence-corrected chi connectivity index (χ0v) is 22.4. The van der Waals surface area contributed by atoms with E-state index in [4.69, 9.17) is 14.6 Å². The first-order chi connectivity index (χ1) is 17.2. The molecular formula is C28H37NO6S. The Balaban J connectivity index is 2.17. The molecule has 0 aliphatic carbocycles. The second kappa shape index (κ2) is 14.5. The number of amides is 1. The van der Waals surface area contributed by atoms with E-state index in [0.717, 1.165) is 18.6 Å². The van der Waals surface area contributed by atoms with Crippen LogP contribution in [-0.2, 0) is 9.59 Å². The fourth-order valence-corrected chi connectivity index (χ4v) is 4.69. The van der Waals surface area contributed by atoms with E-state index in [1.807, 2.05) is 0 Å². The molecule has 0 aliphatic rings. The number of methoxy groups -OCH3 is 1. The number of ketones is 1. The Hall–Kier alpha value is -3.00. The van der Waals surface area contributed by atoms with E-state index in [9.17, 15) is 14.4 Å². The lowest BCUT2D eigenvalue weighted by atomic mass is 10.0. The zero-order chi connectivity index (χ0) is 26.6. The maximum atomic E-state index is 13.6. The first kappa shape index (κ1) is 29.2. The van der Waals surface area contributed by atoms with E-state index in [1.165, 1.54) is 68.8 Å². The maximum Gasteiger partial charge on any atom is 0.335 e. The van der Waals surface area contributed by atoms with Crippen LogP contribution < -0.4 is 14.8 Å². The van der Waals surface area contributed by atoms with Crippen molar-refractivity contribution in [1.82, 2.24) is 0 Å². The highest BCUT2D eigenvalue weighted by Gasteiger charge is 2.40. The smallest absolute Gasteiger partial charge is 0.335 e. The second-order valence-electron chi connectivity index (χ2n) is 9.01. The van der Waals surface area contributed by atoms with E-state index in [-0.39, 0.29) is 17.1 Å². The topological polar surface area (TPSA) is 102 Å². The average molecular weight is 516 g/mol. The lowest BCUT2D eigenvalue weighted by Crippen LogP contribution is -2.48. The summed E-state index contributed by atoms with van der Waals surface area (Å²) in [6.45, 7) is 5.79. The number of carboxylic acid groups (broad SMARTS) is 1. The summed E-state index contributed by atoms with van der Waals surface area (Å²) in [6.07, 6.45) is 5.53. The van der Waals surface area contributed by atoms with Crippen LogP contribution in [0.4, 0.5) is 5.69 Å². The van der Waals surface area contributed by atoms with E-state index < -0.39 is 22.7 Å². The summed E-state index contributed by atoms with van der Waals surface area (Å²) in [7, 11) is 1.50. The first-order valence-electron chi connectivity index (χ1n) is 12.3. The number of nitrogens with one attached hydrogen (secondary N) is 1. The van der Waals surface area contributed by atoms with Crippen LogP contribution in [0.2, 0.25) is 0 Å². The summed E-state index contributed by atoms with van der Waals surface area (Å²) in [5.41, 5.74) is 0.503. The number of anilines is 1. The highest BCUT2D eigenvalue weighted by atomic mass is 32.2. The number of hydrogen-bond acceptors (Lipinski definition) is 6. The molecule has 196 valence electrons. The Kier molecular flexibility index (Phi) is 11.8. The number of rotatable bonds is 16. The normalized spacial score (nSPS) is 12.0. The van der Waals surface area contributed by atoms with Crippen molar-refractivity contribution in [2.24, 2.45) is 0 Å². The molecule has 1 atom stereocenters. The van der Waals surface area contributed by atoms with Crippen LogP contribution in [0.15, 0.2) is 48.5 Å². The molecule has 2 N–H and O–H groups in total. The standard InChI is InChI=1S/C28H37NO6S/c1-5-6-7-8-9-12-19-36-28(2,3)25(30)24(35-21-17-15-20(16-18-21)27(32)33)26(31)29-22-13-10-11-14-23(22)34-4/h10-11,13-18,24H,5-9,12,19H2,1-4H3,(H,29,31)(H,32,33). The van der Waals surface area contributed by atoms with Gasteiger partial charge in [0.1, 0.15) is 11.5 Å². The number of carbonyl (C=O) groups excluding carboxylic acids is 2. The summed E-state index contributed by atoms with van der Waals surface area (Å²) in [5.74, 6) is -0.577. The third-order valence-corrected chi connectivity index (χ3v) is 7.17. The Morgan fingerprint density at radius 3 is 2.25 bits per heavy atom. The van der Waals surface area contributed by atoms with Crippen LogP contribution in [-0.4, -0.2) is 46.5 Å². The SMILES string of the molecule is CCCCCCCCSC(C)(C)C(=O)C(Oc1ccc(C(=O)O)cc1)C(=O)Nc1ccccc1OC. The van der Waals surface area contributed by atoms with Crippen molar-refractivity contribution in [3.63, 3.8) is 0 Å². The molecule has 0 aliphatic heterocycles. The fraction of sp³-hybridized carbons (Fsp3) is 0.464. The van der Waals surface area contributed by atoms with Gasteiger partial charge in [0.15, 0.2) is 5.78 Å². The molecule has 2 aromatic rings. The zero-order valence-electron chi connectivity index (χ0n) is 21.5. The van der Waals surface area contributed by atoms with E-state index >= 15 is 0 Å². The molecule has 36 heavy (non-hydrogen) atoms. The molecule has 2 rings (SSSR count). The molecule has 2 aromatic carbocycles. The number of carbonyl (C=O) groups is 3. The van der Waals surface area contributed by atoms with Gasteiger partial charge in [-0.15, -0.1) is 11.8 Å². The molecule has 0 heterocycles. The number of para-hydroxylation sites is 2. The van der Waals surface area contributed by atoms with Gasteiger partial charge in [0.25, 0.3) is 5.91 Å². The van der Waals surface area contributed by atoms with E-state index in [1.54, 1.807) is 38.1 Å².